The van der Waals surface area contributed by atoms with Crippen molar-refractivity contribution in [2.24, 2.45) is 0 Å². The van der Waals surface area contributed by atoms with E-state index in [2.05, 4.69) is 5.32 Å². The number of carbonyl (C=O) groups is 2. The van der Waals surface area contributed by atoms with Crippen molar-refractivity contribution in [3.8, 4) is 0 Å². The van der Waals surface area contributed by atoms with Crippen molar-refractivity contribution in [2.75, 3.05) is 11.9 Å². The van der Waals surface area contributed by atoms with Crippen molar-refractivity contribution in [3.63, 3.8) is 0 Å². The fourth-order valence-electron chi connectivity index (χ4n) is 1.85. The van der Waals surface area contributed by atoms with Crippen molar-refractivity contribution in [3.05, 3.63) is 29.8 Å². The zero-order valence-corrected chi connectivity index (χ0v) is 10.2. The van der Waals surface area contributed by atoms with E-state index in [4.69, 9.17) is 5.11 Å². The Bertz CT molecular complexity index is 452. The van der Waals surface area contributed by atoms with Gasteiger partial charge in [0.25, 0.3) is 0 Å². The fourth-order valence-corrected chi connectivity index (χ4v) is 1.85. The van der Waals surface area contributed by atoms with Crippen LogP contribution < -0.4 is 5.32 Å². The van der Waals surface area contributed by atoms with Crippen molar-refractivity contribution in [1.29, 1.82) is 0 Å². The molecule has 96 valence electrons. The minimum Gasteiger partial charge on any atom is -0.478 e. The van der Waals surface area contributed by atoms with Crippen LogP contribution in [0, 0.1) is 0 Å². The van der Waals surface area contributed by atoms with Crippen LogP contribution in [0.5, 0.6) is 0 Å². The Morgan fingerprint density at radius 3 is 2.39 bits per heavy atom. The number of hydrogen-bond donors (Lipinski definition) is 2. The Balaban J connectivity index is 2.00. The topological polar surface area (TPSA) is 69.6 Å². The minimum atomic E-state index is -0.971. The summed E-state index contributed by atoms with van der Waals surface area (Å²) in [5.74, 6) is -0.971. The third-order valence-electron chi connectivity index (χ3n) is 2.97. The summed E-state index contributed by atoms with van der Waals surface area (Å²) < 4.78 is 0. The molecule has 0 aromatic heterocycles. The summed E-state index contributed by atoms with van der Waals surface area (Å²) in [7, 11) is 0. The second-order valence-corrected chi connectivity index (χ2v) is 4.33. The fraction of sp³-hybridized carbons (Fsp3) is 0.385. The first-order valence-corrected chi connectivity index (χ1v) is 6.02. The molecule has 0 saturated heterocycles. The van der Waals surface area contributed by atoms with Gasteiger partial charge in [-0.2, -0.15) is 0 Å². The molecule has 0 aliphatic heterocycles. The standard InChI is InChI=1S/C13H16N2O3/c1-2-15(11-7-8-11)13(18)14-10-5-3-9(4-6-10)12(16)17/h3-6,11H,2,7-8H2,1H3,(H,14,18)(H,16,17). The number of aromatic carboxylic acids is 1. The number of nitrogens with one attached hydrogen (secondary N) is 1. The van der Waals surface area contributed by atoms with Gasteiger partial charge in [0, 0.05) is 18.3 Å². The summed E-state index contributed by atoms with van der Waals surface area (Å²) in [5.41, 5.74) is 0.826. The van der Waals surface area contributed by atoms with E-state index in [-0.39, 0.29) is 11.6 Å². The van der Waals surface area contributed by atoms with E-state index < -0.39 is 5.97 Å². The molecule has 5 nitrogen and oxygen atoms in total. The van der Waals surface area contributed by atoms with Gasteiger partial charge in [-0.15, -0.1) is 0 Å². The van der Waals surface area contributed by atoms with Gasteiger partial charge in [0.05, 0.1) is 5.56 Å². The predicted molar refractivity (Wildman–Crippen MR) is 67.8 cm³/mol. The summed E-state index contributed by atoms with van der Waals surface area (Å²) in [6, 6.07) is 6.40. The number of amides is 2. The maximum absolute atomic E-state index is 11.9. The number of benzene rings is 1. The molecule has 1 aliphatic rings. The van der Waals surface area contributed by atoms with Crippen LogP contribution in [0.2, 0.25) is 0 Å². The molecule has 0 unspecified atom stereocenters. The summed E-state index contributed by atoms with van der Waals surface area (Å²) >= 11 is 0. The van der Waals surface area contributed by atoms with Crippen LogP contribution in [0.15, 0.2) is 24.3 Å². The molecule has 0 radical (unpaired) electrons. The van der Waals surface area contributed by atoms with Crippen LogP contribution in [-0.4, -0.2) is 34.6 Å². The average Bonchev–Trinajstić information content (AvgIpc) is 3.15. The molecular formula is C13H16N2O3. The highest BCUT2D eigenvalue weighted by Crippen LogP contribution is 2.27. The molecule has 1 aromatic rings. The SMILES string of the molecule is CCN(C(=O)Nc1ccc(C(=O)O)cc1)C1CC1. The third-order valence-corrected chi connectivity index (χ3v) is 2.97. The quantitative estimate of drug-likeness (QED) is 0.859. The van der Waals surface area contributed by atoms with Crippen LogP contribution in [0.25, 0.3) is 0 Å². The number of rotatable bonds is 4. The lowest BCUT2D eigenvalue weighted by Crippen LogP contribution is -2.36. The molecule has 0 atom stereocenters. The van der Waals surface area contributed by atoms with Crippen molar-refractivity contribution in [2.45, 2.75) is 25.8 Å². The zero-order chi connectivity index (χ0) is 13.1. The van der Waals surface area contributed by atoms with Gasteiger partial charge in [-0.3, -0.25) is 0 Å². The number of carbonyl (C=O) groups excluding carboxylic acids is 1. The third kappa shape index (κ3) is 2.80. The lowest BCUT2D eigenvalue weighted by atomic mass is 10.2. The van der Waals surface area contributed by atoms with Gasteiger partial charge in [0.2, 0.25) is 0 Å². The monoisotopic (exact) mass is 248 g/mol. The Labute approximate surface area is 105 Å². The van der Waals surface area contributed by atoms with E-state index in [1.165, 1.54) is 12.1 Å². The van der Waals surface area contributed by atoms with E-state index in [9.17, 15) is 9.59 Å². The van der Waals surface area contributed by atoms with E-state index >= 15 is 0 Å². The highest BCUT2D eigenvalue weighted by molar-refractivity contribution is 5.91. The molecule has 0 heterocycles. The Morgan fingerprint density at radius 2 is 1.94 bits per heavy atom. The molecule has 18 heavy (non-hydrogen) atoms. The predicted octanol–water partition coefficient (Wildman–Crippen LogP) is 2.40. The van der Waals surface area contributed by atoms with Gasteiger partial charge in [-0.1, -0.05) is 0 Å². The molecule has 0 bridgehead atoms. The lowest BCUT2D eigenvalue weighted by molar-refractivity contribution is 0.0697. The van der Waals surface area contributed by atoms with E-state index in [0.717, 1.165) is 12.8 Å². The molecule has 0 spiro atoms. The highest BCUT2D eigenvalue weighted by atomic mass is 16.4. The number of carboxylic acids is 1. The van der Waals surface area contributed by atoms with E-state index in [1.54, 1.807) is 17.0 Å². The van der Waals surface area contributed by atoms with Crippen molar-refractivity contribution >= 4 is 17.7 Å². The molecular weight excluding hydrogens is 232 g/mol. The maximum atomic E-state index is 11.9. The molecule has 1 aromatic carbocycles. The summed E-state index contributed by atoms with van der Waals surface area (Å²) in [6.07, 6.45) is 2.14. The largest absolute Gasteiger partial charge is 0.478 e. The van der Waals surface area contributed by atoms with Gasteiger partial charge >= 0.3 is 12.0 Å². The van der Waals surface area contributed by atoms with Crippen LogP contribution in [0.1, 0.15) is 30.1 Å². The average molecular weight is 248 g/mol. The van der Waals surface area contributed by atoms with Gasteiger partial charge in [0.1, 0.15) is 0 Å². The highest BCUT2D eigenvalue weighted by Gasteiger charge is 2.31. The van der Waals surface area contributed by atoms with Gasteiger partial charge in [-0.05, 0) is 44.0 Å². The first-order chi connectivity index (χ1) is 8.61. The normalized spacial score (nSPS) is 14.1. The summed E-state index contributed by atoms with van der Waals surface area (Å²) in [5, 5.41) is 11.5. The number of hydrogen-bond acceptors (Lipinski definition) is 2. The lowest BCUT2D eigenvalue weighted by Gasteiger charge is -2.20. The van der Waals surface area contributed by atoms with Crippen LogP contribution >= 0.6 is 0 Å². The van der Waals surface area contributed by atoms with Gasteiger partial charge in [0.15, 0.2) is 0 Å². The summed E-state index contributed by atoms with van der Waals surface area (Å²) in [4.78, 5) is 24.4. The number of carboxylic acid groups (broad SMARTS) is 1. The molecule has 2 amide bonds. The Hall–Kier alpha value is -2.04. The Kier molecular flexibility index (Phi) is 3.50. The molecule has 2 N–H and O–H groups in total. The second kappa shape index (κ2) is 5.08. The number of anilines is 1. The van der Waals surface area contributed by atoms with E-state index in [1.807, 2.05) is 6.92 Å². The molecule has 1 fully saturated rings. The second-order valence-electron chi connectivity index (χ2n) is 4.33. The molecule has 2 rings (SSSR count). The van der Waals surface area contributed by atoms with Gasteiger partial charge in [-0.25, -0.2) is 9.59 Å². The van der Waals surface area contributed by atoms with Crippen molar-refractivity contribution in [1.82, 2.24) is 4.90 Å². The number of urea groups is 1. The molecule has 1 saturated carbocycles. The van der Waals surface area contributed by atoms with E-state index in [0.29, 0.717) is 18.3 Å². The first kappa shape index (κ1) is 12.4. The Morgan fingerprint density at radius 1 is 1.33 bits per heavy atom. The maximum Gasteiger partial charge on any atom is 0.335 e. The van der Waals surface area contributed by atoms with Gasteiger partial charge < -0.3 is 15.3 Å². The van der Waals surface area contributed by atoms with Crippen molar-refractivity contribution < 1.29 is 14.7 Å². The molecule has 1 aliphatic carbocycles. The smallest absolute Gasteiger partial charge is 0.335 e. The number of nitrogens with zero attached hydrogens (tertiary/aromatic N) is 1. The minimum absolute atomic E-state index is 0.122. The van der Waals surface area contributed by atoms with Crippen LogP contribution in [0.4, 0.5) is 10.5 Å². The zero-order valence-electron chi connectivity index (χ0n) is 10.2. The van der Waals surface area contributed by atoms with Crippen LogP contribution in [0.3, 0.4) is 0 Å². The summed E-state index contributed by atoms with van der Waals surface area (Å²) in [6.45, 7) is 2.63. The first-order valence-electron chi connectivity index (χ1n) is 6.02. The molecule has 5 heteroatoms. The van der Waals surface area contributed by atoms with Crippen LogP contribution in [-0.2, 0) is 0 Å².